The second-order valence-corrected chi connectivity index (χ2v) is 6.87. The summed E-state index contributed by atoms with van der Waals surface area (Å²) in [5.74, 6) is 0.140. The van der Waals surface area contributed by atoms with Gasteiger partial charge in [0.25, 0.3) is 0 Å². The average Bonchev–Trinajstić information content (AvgIpc) is 3.12. The van der Waals surface area contributed by atoms with Crippen LogP contribution in [0.2, 0.25) is 0 Å². The number of thiazole rings is 1. The van der Waals surface area contributed by atoms with Crippen molar-refractivity contribution < 1.29 is 4.79 Å². The number of carbonyl (C=O) groups excluding carboxylic acids is 1. The van der Waals surface area contributed by atoms with E-state index in [0.717, 1.165) is 28.0 Å². The van der Waals surface area contributed by atoms with E-state index in [1.165, 1.54) is 4.88 Å². The quantitative estimate of drug-likeness (QED) is 0.732. The van der Waals surface area contributed by atoms with Crippen molar-refractivity contribution in [3.63, 3.8) is 0 Å². The van der Waals surface area contributed by atoms with E-state index in [9.17, 15) is 4.79 Å². The fourth-order valence-corrected chi connectivity index (χ4v) is 3.42. The minimum absolute atomic E-state index is 0.140. The first-order valence-electron chi connectivity index (χ1n) is 7.28. The zero-order valence-electron chi connectivity index (χ0n) is 13.0. The van der Waals surface area contributed by atoms with E-state index < -0.39 is 0 Å². The minimum Gasteiger partial charge on any atom is -0.360 e. The minimum atomic E-state index is -0.179. The first-order valence-corrected chi connectivity index (χ1v) is 8.10. The van der Waals surface area contributed by atoms with Crippen LogP contribution in [0.15, 0.2) is 36.7 Å². The van der Waals surface area contributed by atoms with Crippen LogP contribution in [0.1, 0.15) is 27.2 Å². The molecule has 0 fully saturated rings. The van der Waals surface area contributed by atoms with Gasteiger partial charge in [-0.2, -0.15) is 0 Å². The average molecular weight is 313 g/mol. The van der Waals surface area contributed by atoms with E-state index in [1.807, 2.05) is 57.6 Å². The van der Waals surface area contributed by atoms with Crippen molar-refractivity contribution in [2.24, 2.45) is 0 Å². The Kier molecular flexibility index (Phi) is 4.09. The lowest BCUT2D eigenvalue weighted by Gasteiger charge is -2.22. The number of fused-ring (bicyclic) bond motifs is 1. The van der Waals surface area contributed by atoms with Crippen molar-refractivity contribution in [2.75, 3.05) is 7.05 Å². The summed E-state index contributed by atoms with van der Waals surface area (Å²) in [6.45, 7) is 4.69. The summed E-state index contributed by atoms with van der Waals surface area (Å²) in [6, 6.07) is 7.72. The van der Waals surface area contributed by atoms with Crippen LogP contribution in [0.3, 0.4) is 0 Å². The van der Waals surface area contributed by atoms with Gasteiger partial charge < -0.3 is 4.98 Å². The fourth-order valence-electron chi connectivity index (χ4n) is 2.56. The molecule has 0 bridgehead atoms. The fraction of sp³-hybridized carbons (Fsp3) is 0.294. The number of ketones is 1. The summed E-state index contributed by atoms with van der Waals surface area (Å²) in [6.07, 6.45) is 3.70. The van der Waals surface area contributed by atoms with Crippen molar-refractivity contribution >= 4 is 28.0 Å². The molecule has 22 heavy (non-hydrogen) atoms. The Morgan fingerprint density at radius 3 is 2.91 bits per heavy atom. The number of Topliss-reactive ketones (excluding diaryl/α,β-unsaturated/α-hetero) is 1. The molecule has 1 atom stereocenters. The number of nitrogens with zero attached hydrogens (tertiary/aromatic N) is 2. The lowest BCUT2D eigenvalue weighted by molar-refractivity contribution is 0.0865. The number of aromatic nitrogens is 2. The van der Waals surface area contributed by atoms with Gasteiger partial charge in [-0.25, -0.2) is 4.98 Å². The molecule has 2 heterocycles. The van der Waals surface area contributed by atoms with Crippen LogP contribution in [0.4, 0.5) is 0 Å². The summed E-state index contributed by atoms with van der Waals surface area (Å²) in [4.78, 5) is 23.5. The van der Waals surface area contributed by atoms with Gasteiger partial charge in [-0.1, -0.05) is 18.2 Å². The Hall–Kier alpha value is -1.98. The summed E-state index contributed by atoms with van der Waals surface area (Å²) >= 11 is 1.67. The van der Waals surface area contributed by atoms with Gasteiger partial charge in [0.1, 0.15) is 0 Å². The Bertz CT molecular complexity index is 805. The molecule has 2 aromatic heterocycles. The number of rotatable bonds is 5. The third-order valence-corrected chi connectivity index (χ3v) is 4.87. The van der Waals surface area contributed by atoms with Crippen molar-refractivity contribution in [1.82, 2.24) is 14.9 Å². The Labute approximate surface area is 133 Å². The monoisotopic (exact) mass is 313 g/mol. The van der Waals surface area contributed by atoms with Gasteiger partial charge >= 0.3 is 0 Å². The van der Waals surface area contributed by atoms with Gasteiger partial charge in [-0.3, -0.25) is 9.69 Å². The number of hydrogen-bond donors (Lipinski definition) is 1. The highest BCUT2D eigenvalue weighted by molar-refractivity contribution is 7.11. The molecule has 3 aromatic rings. The number of aromatic amines is 1. The molecule has 1 N–H and O–H groups in total. The summed E-state index contributed by atoms with van der Waals surface area (Å²) < 4.78 is 0. The molecule has 5 heteroatoms. The van der Waals surface area contributed by atoms with Crippen LogP contribution in [-0.2, 0) is 6.54 Å². The molecule has 0 aliphatic rings. The van der Waals surface area contributed by atoms with E-state index in [-0.39, 0.29) is 11.8 Å². The maximum absolute atomic E-state index is 12.8. The van der Waals surface area contributed by atoms with Gasteiger partial charge in [0.05, 0.1) is 11.0 Å². The number of H-pyrrole nitrogens is 1. The molecule has 0 radical (unpaired) electrons. The third kappa shape index (κ3) is 2.82. The second-order valence-electron chi connectivity index (χ2n) is 5.55. The maximum atomic E-state index is 12.8. The number of aryl methyl sites for hydroxylation is 1. The van der Waals surface area contributed by atoms with Crippen molar-refractivity contribution in [2.45, 2.75) is 26.4 Å². The molecule has 0 aliphatic carbocycles. The van der Waals surface area contributed by atoms with E-state index in [2.05, 4.69) is 14.9 Å². The normalized spacial score (nSPS) is 12.9. The number of nitrogens with one attached hydrogen (secondary N) is 1. The van der Waals surface area contributed by atoms with Gasteiger partial charge in [0.15, 0.2) is 5.78 Å². The van der Waals surface area contributed by atoms with Gasteiger partial charge in [-0.05, 0) is 27.0 Å². The largest absolute Gasteiger partial charge is 0.360 e. The van der Waals surface area contributed by atoms with Crippen LogP contribution in [0.5, 0.6) is 0 Å². The number of likely N-dealkylation sites (N-methyl/N-ethyl adjacent to an activating group) is 1. The number of para-hydroxylation sites is 1. The number of carbonyl (C=O) groups is 1. The molecule has 0 saturated heterocycles. The zero-order valence-corrected chi connectivity index (χ0v) is 13.8. The molecule has 3 rings (SSSR count). The summed E-state index contributed by atoms with van der Waals surface area (Å²) in [5, 5.41) is 2.04. The van der Waals surface area contributed by atoms with Crippen molar-refractivity contribution in [3.8, 4) is 0 Å². The predicted octanol–water partition coefficient (Wildman–Crippen LogP) is 3.64. The lowest BCUT2D eigenvalue weighted by atomic mass is 10.0. The molecule has 1 aromatic carbocycles. The van der Waals surface area contributed by atoms with Gasteiger partial charge in [0.2, 0.25) is 0 Å². The highest BCUT2D eigenvalue weighted by Crippen LogP contribution is 2.21. The molecule has 0 saturated carbocycles. The van der Waals surface area contributed by atoms with E-state index >= 15 is 0 Å². The molecule has 114 valence electrons. The predicted molar refractivity (Wildman–Crippen MR) is 90.4 cm³/mol. The van der Waals surface area contributed by atoms with E-state index in [0.29, 0.717) is 0 Å². The Morgan fingerprint density at radius 1 is 1.41 bits per heavy atom. The Morgan fingerprint density at radius 2 is 2.18 bits per heavy atom. The molecule has 4 nitrogen and oxygen atoms in total. The zero-order chi connectivity index (χ0) is 15.7. The summed E-state index contributed by atoms with van der Waals surface area (Å²) in [7, 11) is 1.98. The molecular formula is C17H19N3OS. The van der Waals surface area contributed by atoms with E-state index in [4.69, 9.17) is 0 Å². The summed E-state index contributed by atoms with van der Waals surface area (Å²) in [5.41, 5.74) is 1.76. The lowest BCUT2D eigenvalue weighted by Crippen LogP contribution is -2.35. The van der Waals surface area contributed by atoms with E-state index in [1.54, 1.807) is 11.3 Å². The number of benzene rings is 1. The topological polar surface area (TPSA) is 49.0 Å². The third-order valence-electron chi connectivity index (χ3n) is 3.97. The van der Waals surface area contributed by atoms with Crippen LogP contribution >= 0.6 is 11.3 Å². The van der Waals surface area contributed by atoms with Crippen LogP contribution in [-0.4, -0.2) is 33.7 Å². The molecule has 0 unspecified atom stereocenters. The molecule has 0 amide bonds. The molecular weight excluding hydrogens is 294 g/mol. The highest BCUT2D eigenvalue weighted by atomic mass is 32.1. The standard InChI is InChI=1S/C17H19N3OS/c1-11(20(3)10-13-8-18-12(2)22-13)17(21)15-9-19-16-7-5-4-6-14(15)16/h4-9,11,19H,10H2,1-3H3/t11-/m1/s1. The maximum Gasteiger partial charge on any atom is 0.181 e. The molecule has 0 spiro atoms. The first-order chi connectivity index (χ1) is 10.6. The van der Waals surface area contributed by atoms with Crippen LogP contribution in [0.25, 0.3) is 10.9 Å². The SMILES string of the molecule is Cc1ncc(CN(C)[C@H](C)C(=O)c2c[nH]c3ccccc23)s1. The van der Waals surface area contributed by atoms with Gasteiger partial charge in [0, 0.05) is 40.3 Å². The van der Waals surface area contributed by atoms with Crippen molar-refractivity contribution in [1.29, 1.82) is 0 Å². The first kappa shape index (κ1) is 14.9. The van der Waals surface area contributed by atoms with Gasteiger partial charge in [-0.15, -0.1) is 11.3 Å². The van der Waals surface area contributed by atoms with Crippen LogP contribution in [0, 0.1) is 6.92 Å². The number of hydrogen-bond acceptors (Lipinski definition) is 4. The Balaban J connectivity index is 1.79. The highest BCUT2D eigenvalue weighted by Gasteiger charge is 2.22. The molecule has 0 aliphatic heterocycles. The second kappa shape index (κ2) is 6.02. The smallest absolute Gasteiger partial charge is 0.181 e. The van der Waals surface area contributed by atoms with Crippen molar-refractivity contribution in [3.05, 3.63) is 52.1 Å². The van der Waals surface area contributed by atoms with Crippen LogP contribution < -0.4 is 0 Å².